The van der Waals surface area contributed by atoms with Crippen LogP contribution in [0, 0.1) is 11.3 Å². The van der Waals surface area contributed by atoms with Crippen molar-refractivity contribution in [1.29, 1.82) is 5.26 Å². The third-order valence-electron chi connectivity index (χ3n) is 4.78. The molecule has 0 fully saturated rings. The molecule has 0 aliphatic rings. The third kappa shape index (κ3) is 4.58. The van der Waals surface area contributed by atoms with Gasteiger partial charge in [0, 0.05) is 34.6 Å². The fourth-order valence-corrected chi connectivity index (χ4v) is 3.26. The topological polar surface area (TPSA) is 90.9 Å². The Morgan fingerprint density at radius 1 is 1.03 bits per heavy atom. The highest BCUT2D eigenvalue weighted by Gasteiger charge is 2.13. The molecular formula is C24H17ClN4O2. The van der Waals surface area contributed by atoms with Crippen LogP contribution in [0.5, 0.6) is 0 Å². The zero-order valence-corrected chi connectivity index (χ0v) is 17.0. The Balaban J connectivity index is 1.69. The lowest BCUT2D eigenvalue weighted by Crippen LogP contribution is -2.00. The van der Waals surface area contributed by atoms with Crippen LogP contribution in [0.2, 0.25) is 5.02 Å². The lowest BCUT2D eigenvalue weighted by atomic mass is 10.1. The molecule has 4 aromatic rings. The number of carboxylic acid groups (broad SMARTS) is 1. The number of hydrogen-bond acceptors (Lipinski definition) is 4. The van der Waals surface area contributed by atoms with E-state index in [4.69, 9.17) is 27.1 Å². The number of aromatic carboxylic acids is 1. The summed E-state index contributed by atoms with van der Waals surface area (Å²) >= 11 is 5.96. The van der Waals surface area contributed by atoms with E-state index in [-0.39, 0.29) is 5.56 Å². The minimum Gasteiger partial charge on any atom is -0.478 e. The van der Waals surface area contributed by atoms with Gasteiger partial charge in [-0.3, -0.25) is 0 Å². The molecule has 6 nitrogen and oxygen atoms in total. The van der Waals surface area contributed by atoms with Crippen molar-refractivity contribution in [1.82, 2.24) is 9.78 Å². The van der Waals surface area contributed by atoms with E-state index < -0.39 is 5.97 Å². The van der Waals surface area contributed by atoms with E-state index in [1.165, 1.54) is 0 Å². The van der Waals surface area contributed by atoms with E-state index in [9.17, 15) is 4.79 Å². The van der Waals surface area contributed by atoms with Gasteiger partial charge in [-0.1, -0.05) is 23.7 Å². The Morgan fingerprint density at radius 2 is 1.71 bits per heavy atom. The quantitative estimate of drug-likeness (QED) is 0.430. The highest BCUT2D eigenvalue weighted by Crippen LogP contribution is 2.25. The SMILES string of the molecule is N#Cc1ccc(-c2nn(-c3ccc(C(=O)O)cc3)cc2CNc2ccc(Cl)cc2)cc1. The van der Waals surface area contributed by atoms with Gasteiger partial charge >= 0.3 is 5.97 Å². The molecular weight excluding hydrogens is 412 g/mol. The van der Waals surface area contributed by atoms with Gasteiger partial charge in [-0.05, 0) is 60.7 Å². The Bertz CT molecular complexity index is 1260. The summed E-state index contributed by atoms with van der Waals surface area (Å²) in [6.45, 7) is 0.518. The summed E-state index contributed by atoms with van der Waals surface area (Å²) < 4.78 is 1.72. The highest BCUT2D eigenvalue weighted by molar-refractivity contribution is 6.30. The predicted molar refractivity (Wildman–Crippen MR) is 119 cm³/mol. The second-order valence-electron chi connectivity index (χ2n) is 6.85. The molecule has 152 valence electrons. The van der Waals surface area contributed by atoms with Crippen molar-refractivity contribution in [3.8, 4) is 23.0 Å². The van der Waals surface area contributed by atoms with Crippen LogP contribution in [-0.2, 0) is 6.54 Å². The molecule has 0 spiro atoms. The van der Waals surface area contributed by atoms with Crippen LogP contribution in [0.3, 0.4) is 0 Å². The molecule has 2 N–H and O–H groups in total. The van der Waals surface area contributed by atoms with Gasteiger partial charge in [0.1, 0.15) is 0 Å². The predicted octanol–water partition coefficient (Wildman–Crippen LogP) is 5.37. The summed E-state index contributed by atoms with van der Waals surface area (Å²) in [7, 11) is 0. The van der Waals surface area contributed by atoms with E-state index in [0.29, 0.717) is 17.1 Å². The maximum absolute atomic E-state index is 11.1. The zero-order chi connectivity index (χ0) is 21.8. The molecule has 0 atom stereocenters. The number of hydrogen-bond donors (Lipinski definition) is 2. The van der Waals surface area contributed by atoms with Gasteiger partial charge in [0.05, 0.1) is 28.6 Å². The van der Waals surface area contributed by atoms with E-state index in [1.807, 2.05) is 42.6 Å². The number of anilines is 1. The molecule has 4 rings (SSSR count). The van der Waals surface area contributed by atoms with Crippen LogP contribution in [0.1, 0.15) is 21.5 Å². The summed E-state index contributed by atoms with van der Waals surface area (Å²) in [5, 5.41) is 27.0. The van der Waals surface area contributed by atoms with Crippen LogP contribution in [-0.4, -0.2) is 20.9 Å². The van der Waals surface area contributed by atoms with Crippen molar-refractivity contribution < 1.29 is 9.90 Å². The van der Waals surface area contributed by atoms with Gasteiger partial charge in [0.2, 0.25) is 0 Å². The summed E-state index contributed by atoms with van der Waals surface area (Å²) in [6, 6.07) is 23.3. The number of nitrogens with one attached hydrogen (secondary N) is 1. The summed E-state index contributed by atoms with van der Waals surface area (Å²) in [5.74, 6) is -0.974. The van der Waals surface area contributed by atoms with E-state index >= 15 is 0 Å². The van der Waals surface area contributed by atoms with Crippen LogP contribution < -0.4 is 5.32 Å². The maximum atomic E-state index is 11.1. The Labute approximate surface area is 184 Å². The first-order valence-corrected chi connectivity index (χ1v) is 9.83. The van der Waals surface area contributed by atoms with Gasteiger partial charge in [-0.15, -0.1) is 0 Å². The van der Waals surface area contributed by atoms with Crippen LogP contribution in [0.4, 0.5) is 5.69 Å². The number of carboxylic acids is 1. The Hall–Kier alpha value is -4.08. The zero-order valence-electron chi connectivity index (χ0n) is 16.3. The van der Waals surface area contributed by atoms with Crippen molar-refractivity contribution in [2.24, 2.45) is 0 Å². The fourth-order valence-electron chi connectivity index (χ4n) is 3.14. The molecule has 0 saturated carbocycles. The molecule has 1 heterocycles. The van der Waals surface area contributed by atoms with Gasteiger partial charge in [0.15, 0.2) is 0 Å². The molecule has 0 amide bonds. The number of halogens is 1. The fraction of sp³-hybridized carbons (Fsp3) is 0.0417. The minimum atomic E-state index is -0.974. The summed E-state index contributed by atoms with van der Waals surface area (Å²) in [6.07, 6.45) is 1.91. The van der Waals surface area contributed by atoms with Gasteiger partial charge in [0.25, 0.3) is 0 Å². The molecule has 0 radical (unpaired) electrons. The Kier molecular flexibility index (Phi) is 5.69. The van der Waals surface area contributed by atoms with Crippen LogP contribution in [0.15, 0.2) is 79.0 Å². The number of benzene rings is 3. The van der Waals surface area contributed by atoms with Crippen LogP contribution >= 0.6 is 11.6 Å². The molecule has 0 unspecified atom stereocenters. The van der Waals surface area contributed by atoms with Crippen molar-refractivity contribution in [2.75, 3.05) is 5.32 Å². The van der Waals surface area contributed by atoms with Crippen molar-refractivity contribution in [2.45, 2.75) is 6.54 Å². The van der Waals surface area contributed by atoms with Crippen molar-refractivity contribution >= 4 is 23.3 Å². The van der Waals surface area contributed by atoms with Gasteiger partial charge in [-0.25, -0.2) is 9.48 Å². The smallest absolute Gasteiger partial charge is 0.335 e. The average molecular weight is 429 g/mol. The maximum Gasteiger partial charge on any atom is 0.335 e. The van der Waals surface area contributed by atoms with Gasteiger partial charge in [-0.2, -0.15) is 10.4 Å². The lowest BCUT2D eigenvalue weighted by molar-refractivity contribution is 0.0697. The molecule has 7 heteroatoms. The molecule has 0 bridgehead atoms. The number of rotatable bonds is 6. The van der Waals surface area contributed by atoms with E-state index in [1.54, 1.807) is 41.1 Å². The summed E-state index contributed by atoms with van der Waals surface area (Å²) in [5.41, 5.74) is 5.07. The lowest BCUT2D eigenvalue weighted by Gasteiger charge is -2.07. The second-order valence-corrected chi connectivity index (χ2v) is 7.29. The van der Waals surface area contributed by atoms with Gasteiger partial charge < -0.3 is 10.4 Å². The molecule has 0 aliphatic carbocycles. The molecule has 0 aliphatic heterocycles. The Morgan fingerprint density at radius 3 is 2.32 bits per heavy atom. The van der Waals surface area contributed by atoms with E-state index in [2.05, 4.69) is 11.4 Å². The number of nitriles is 1. The van der Waals surface area contributed by atoms with E-state index in [0.717, 1.165) is 28.2 Å². The first-order chi connectivity index (χ1) is 15.0. The molecule has 0 saturated heterocycles. The largest absolute Gasteiger partial charge is 0.478 e. The molecule has 3 aromatic carbocycles. The number of aromatic nitrogens is 2. The molecule has 1 aromatic heterocycles. The minimum absolute atomic E-state index is 0.216. The second kappa shape index (κ2) is 8.74. The average Bonchev–Trinajstić information content (AvgIpc) is 3.23. The highest BCUT2D eigenvalue weighted by atomic mass is 35.5. The summed E-state index contributed by atoms with van der Waals surface area (Å²) in [4.78, 5) is 11.1. The third-order valence-corrected chi connectivity index (χ3v) is 5.04. The van der Waals surface area contributed by atoms with Crippen molar-refractivity contribution in [3.05, 3.63) is 101 Å². The number of carbonyl (C=O) groups is 1. The van der Waals surface area contributed by atoms with Crippen molar-refractivity contribution in [3.63, 3.8) is 0 Å². The number of nitrogens with zero attached hydrogens (tertiary/aromatic N) is 3. The normalized spacial score (nSPS) is 10.5. The van der Waals surface area contributed by atoms with Crippen LogP contribution in [0.25, 0.3) is 16.9 Å². The monoisotopic (exact) mass is 428 g/mol. The molecule has 31 heavy (non-hydrogen) atoms. The first kappa shape index (κ1) is 20.2. The standard InChI is InChI=1S/C24H17ClN4O2/c25-20-7-9-21(10-8-20)27-14-19-15-29(22-11-5-18(6-12-22)24(30)31)28-23(19)17-3-1-16(13-26)2-4-17/h1-12,15,27H,14H2,(H,30,31). The first-order valence-electron chi connectivity index (χ1n) is 9.46.